The molecular formula is C27H30N3O2+. The molecule has 0 radical (unpaired) electrons. The van der Waals surface area contributed by atoms with E-state index < -0.39 is 5.41 Å². The van der Waals surface area contributed by atoms with E-state index in [0.717, 1.165) is 36.4 Å². The van der Waals surface area contributed by atoms with E-state index in [1.807, 2.05) is 97.2 Å². The van der Waals surface area contributed by atoms with Gasteiger partial charge in [-0.2, -0.15) is 0 Å². The Balaban J connectivity index is 1.59. The van der Waals surface area contributed by atoms with Gasteiger partial charge in [0.15, 0.2) is 5.75 Å². The van der Waals surface area contributed by atoms with E-state index >= 15 is 0 Å². The van der Waals surface area contributed by atoms with Crippen LogP contribution in [0.1, 0.15) is 17.5 Å². The van der Waals surface area contributed by atoms with Gasteiger partial charge in [0, 0.05) is 12.3 Å². The predicted molar refractivity (Wildman–Crippen MR) is 126 cm³/mol. The molecule has 3 aromatic rings. The molecule has 0 saturated carbocycles. The second-order valence-corrected chi connectivity index (χ2v) is 8.62. The Morgan fingerprint density at radius 1 is 0.969 bits per heavy atom. The van der Waals surface area contributed by atoms with Crippen molar-refractivity contribution in [3.63, 3.8) is 0 Å². The molecule has 2 atom stereocenters. The number of benzene rings is 3. The van der Waals surface area contributed by atoms with Gasteiger partial charge in [-0.05, 0) is 23.3 Å². The van der Waals surface area contributed by atoms with Gasteiger partial charge in [0.05, 0.1) is 26.3 Å². The molecule has 32 heavy (non-hydrogen) atoms. The van der Waals surface area contributed by atoms with E-state index in [1.165, 1.54) is 0 Å². The number of hydroxylamine groups is 1. The number of rotatable bonds is 8. The Morgan fingerprint density at radius 2 is 1.50 bits per heavy atom. The highest BCUT2D eigenvalue weighted by atomic mass is 16.6. The van der Waals surface area contributed by atoms with Crippen LogP contribution < -0.4 is 16.1 Å². The van der Waals surface area contributed by atoms with Crippen molar-refractivity contribution in [1.29, 1.82) is 0 Å². The molecule has 5 nitrogen and oxygen atoms in total. The average Bonchev–Trinajstić information content (AvgIpc) is 3.21. The number of hydrogen-bond acceptors (Lipinski definition) is 3. The summed E-state index contributed by atoms with van der Waals surface area (Å²) in [5.74, 6) is 0.511. The normalized spacial score (nSPS) is 20.8. The van der Waals surface area contributed by atoms with Crippen molar-refractivity contribution in [3.05, 3.63) is 115 Å². The van der Waals surface area contributed by atoms with Crippen LogP contribution >= 0.6 is 0 Å². The number of para-hydroxylation sites is 1. The Labute approximate surface area is 189 Å². The quantitative estimate of drug-likeness (QED) is 0.421. The second kappa shape index (κ2) is 9.28. The first kappa shape index (κ1) is 21.7. The van der Waals surface area contributed by atoms with Crippen LogP contribution in [0.25, 0.3) is 0 Å². The molecule has 0 aliphatic carbocycles. The van der Waals surface area contributed by atoms with E-state index in [0.29, 0.717) is 4.48 Å². The minimum atomic E-state index is -0.875. The molecule has 1 saturated heterocycles. The summed E-state index contributed by atoms with van der Waals surface area (Å²) in [6.45, 7) is 1.69. The zero-order chi connectivity index (χ0) is 22.4. The maximum atomic E-state index is 13.2. The Kier molecular flexibility index (Phi) is 6.28. The first-order valence-corrected chi connectivity index (χ1v) is 10.9. The van der Waals surface area contributed by atoms with Gasteiger partial charge in [-0.25, -0.2) is 5.48 Å². The molecule has 164 valence electrons. The summed E-state index contributed by atoms with van der Waals surface area (Å²) in [5, 5.41) is 0. The van der Waals surface area contributed by atoms with Crippen molar-refractivity contribution in [1.82, 2.24) is 5.48 Å². The van der Waals surface area contributed by atoms with E-state index in [-0.39, 0.29) is 11.8 Å². The maximum Gasteiger partial charge on any atom is 0.233 e. The minimum Gasteiger partial charge on any atom is -0.383 e. The summed E-state index contributed by atoms with van der Waals surface area (Å²) >= 11 is 0. The Bertz CT molecular complexity index is 1010. The van der Waals surface area contributed by atoms with Crippen LogP contribution in [0.3, 0.4) is 0 Å². The van der Waals surface area contributed by atoms with E-state index in [9.17, 15) is 4.79 Å². The molecule has 3 aromatic carbocycles. The van der Waals surface area contributed by atoms with Crippen LogP contribution in [0.4, 0.5) is 0 Å². The predicted octanol–water partition coefficient (Wildman–Crippen LogP) is 3.98. The molecule has 1 amide bonds. The van der Waals surface area contributed by atoms with Gasteiger partial charge in [0.25, 0.3) is 0 Å². The number of quaternary nitrogens is 1. The van der Waals surface area contributed by atoms with Crippen LogP contribution in [0.15, 0.2) is 103 Å². The van der Waals surface area contributed by atoms with E-state index in [1.54, 1.807) is 0 Å². The zero-order valence-corrected chi connectivity index (χ0v) is 18.4. The van der Waals surface area contributed by atoms with Crippen molar-refractivity contribution in [3.8, 4) is 5.75 Å². The number of nitrogens with one attached hydrogen (secondary N) is 1. The van der Waals surface area contributed by atoms with Gasteiger partial charge in [0.2, 0.25) is 5.91 Å². The monoisotopic (exact) mass is 428 g/mol. The fourth-order valence-electron chi connectivity index (χ4n) is 4.95. The van der Waals surface area contributed by atoms with Crippen molar-refractivity contribution in [2.75, 3.05) is 20.1 Å². The molecule has 1 fully saturated rings. The number of carbonyl (C=O) groups is 1. The number of hydrogen-bond donors (Lipinski definition) is 2. The van der Waals surface area contributed by atoms with Gasteiger partial charge in [0.1, 0.15) is 11.6 Å². The highest BCUT2D eigenvalue weighted by molar-refractivity contribution is 5.91. The molecule has 3 N–H and O–H groups in total. The van der Waals surface area contributed by atoms with Crippen LogP contribution in [0, 0.1) is 5.92 Å². The van der Waals surface area contributed by atoms with Crippen LogP contribution in [0.5, 0.6) is 5.75 Å². The number of nitrogens with zero attached hydrogens (tertiary/aromatic N) is 1. The average molecular weight is 429 g/mol. The maximum absolute atomic E-state index is 13.2. The van der Waals surface area contributed by atoms with Crippen LogP contribution in [0.2, 0.25) is 0 Å². The van der Waals surface area contributed by atoms with Gasteiger partial charge in [-0.15, -0.1) is 0 Å². The molecule has 0 aromatic heterocycles. The molecule has 1 aliphatic rings. The molecule has 1 aliphatic heterocycles. The highest BCUT2D eigenvalue weighted by Gasteiger charge is 2.53. The van der Waals surface area contributed by atoms with Gasteiger partial charge < -0.3 is 10.6 Å². The molecule has 4 rings (SSSR count). The molecule has 1 heterocycles. The molecule has 2 unspecified atom stereocenters. The number of carbonyl (C=O) groups excluding carboxylic acids is 1. The van der Waals surface area contributed by atoms with Crippen LogP contribution in [-0.2, 0) is 10.2 Å². The first-order valence-electron chi connectivity index (χ1n) is 10.9. The number of nitrogens with two attached hydrogens (primary N) is 1. The summed E-state index contributed by atoms with van der Waals surface area (Å²) in [6.07, 6.45) is 4.80. The summed E-state index contributed by atoms with van der Waals surface area (Å²) in [5.41, 5.74) is 10.1. The number of amides is 1. The lowest BCUT2D eigenvalue weighted by atomic mass is 9.64. The number of primary amides is 1. The van der Waals surface area contributed by atoms with Gasteiger partial charge in [-0.3, -0.25) is 9.28 Å². The van der Waals surface area contributed by atoms with Crippen LogP contribution in [-0.4, -0.2) is 30.5 Å². The summed E-state index contributed by atoms with van der Waals surface area (Å²) in [4.78, 5) is 18.8. The van der Waals surface area contributed by atoms with Crippen molar-refractivity contribution >= 4 is 5.91 Å². The molecule has 5 heteroatoms. The third-order valence-corrected chi connectivity index (χ3v) is 6.51. The smallest absolute Gasteiger partial charge is 0.233 e. The summed E-state index contributed by atoms with van der Waals surface area (Å²) in [7, 11) is 2.17. The fourth-order valence-corrected chi connectivity index (χ4v) is 4.95. The van der Waals surface area contributed by atoms with Crippen molar-refractivity contribution in [2.45, 2.75) is 11.8 Å². The third kappa shape index (κ3) is 4.25. The lowest BCUT2D eigenvalue weighted by Crippen LogP contribution is -2.50. The lowest BCUT2D eigenvalue weighted by molar-refractivity contribution is -0.848. The van der Waals surface area contributed by atoms with Crippen molar-refractivity contribution < 1.29 is 14.1 Å². The molecule has 0 bridgehead atoms. The fraction of sp³-hybridized carbons (Fsp3) is 0.222. The zero-order valence-electron chi connectivity index (χ0n) is 18.4. The van der Waals surface area contributed by atoms with E-state index in [4.69, 9.17) is 10.6 Å². The SMILES string of the molecule is C[N+]1(C=CNOc2ccccc2)CCC(C(C(N)=O)(c2ccccc2)c2ccccc2)C1. The molecular weight excluding hydrogens is 398 g/mol. The van der Waals surface area contributed by atoms with Crippen molar-refractivity contribution in [2.24, 2.45) is 11.7 Å². The Hall–Kier alpha value is -3.57. The van der Waals surface area contributed by atoms with Gasteiger partial charge in [-0.1, -0.05) is 78.9 Å². The summed E-state index contributed by atoms with van der Waals surface area (Å²) in [6, 6.07) is 29.5. The van der Waals surface area contributed by atoms with Gasteiger partial charge >= 0.3 is 0 Å². The molecule has 0 spiro atoms. The second-order valence-electron chi connectivity index (χ2n) is 8.62. The van der Waals surface area contributed by atoms with E-state index in [2.05, 4.69) is 18.7 Å². The minimum absolute atomic E-state index is 0.0643. The number of likely N-dealkylation sites (tertiary alicyclic amines) is 1. The third-order valence-electron chi connectivity index (χ3n) is 6.51. The largest absolute Gasteiger partial charge is 0.383 e. The lowest BCUT2D eigenvalue weighted by Gasteiger charge is -2.37. The standard InChI is InChI=1S/C27H29N3O2/c1-30(20-18-29-32-25-15-9-4-10-16-25)19-17-24(21-30)27(26(28)31,22-11-5-2-6-12-22)23-13-7-3-8-14-23/h2-16,18,20,24,29H,17,19,21H2,1H3,(H-,28,31)/p+1. The summed E-state index contributed by atoms with van der Waals surface area (Å²) < 4.78 is 0.685. The highest BCUT2D eigenvalue weighted by Crippen LogP contribution is 2.45. The topological polar surface area (TPSA) is 64.3 Å². The Morgan fingerprint density at radius 3 is 2.03 bits per heavy atom. The first-order chi connectivity index (χ1) is 15.5.